The number of methoxy groups -OCH3 is 1. The van der Waals surface area contributed by atoms with Crippen LogP contribution in [-0.4, -0.2) is 32.2 Å². The summed E-state index contributed by atoms with van der Waals surface area (Å²) in [5.41, 5.74) is 2.72. The van der Waals surface area contributed by atoms with E-state index in [2.05, 4.69) is 10.6 Å². The summed E-state index contributed by atoms with van der Waals surface area (Å²) in [6, 6.07) is 12.4. The lowest BCUT2D eigenvalue weighted by Crippen LogP contribution is -2.18. The van der Waals surface area contributed by atoms with Crippen molar-refractivity contribution in [3.63, 3.8) is 0 Å². The normalized spacial score (nSPS) is 10.1. The van der Waals surface area contributed by atoms with E-state index in [1.165, 1.54) is 12.7 Å². The number of rotatable bonds is 6. The second-order valence-electron chi connectivity index (χ2n) is 5.08. The monoisotopic (exact) mass is 344 g/mol. The molecule has 0 unspecified atom stereocenters. The Morgan fingerprint density at radius 2 is 1.71 bits per heavy atom. The van der Waals surface area contributed by atoms with Gasteiger partial charge < -0.3 is 15.4 Å². The minimum atomic E-state index is -0.225. The summed E-state index contributed by atoms with van der Waals surface area (Å²) in [6.07, 6.45) is 2.04. The van der Waals surface area contributed by atoms with Crippen LogP contribution in [0, 0.1) is 0 Å². The number of ether oxygens (including phenoxy) is 1. The minimum Gasteiger partial charge on any atom is -0.495 e. The zero-order valence-corrected chi connectivity index (χ0v) is 14.7. The Hall–Kier alpha value is -2.47. The van der Waals surface area contributed by atoms with Crippen molar-refractivity contribution >= 4 is 29.3 Å². The second-order valence-corrected chi connectivity index (χ2v) is 5.94. The third-order valence-electron chi connectivity index (χ3n) is 3.47. The molecule has 0 heterocycles. The summed E-state index contributed by atoms with van der Waals surface area (Å²) in [7, 11) is 3.06. The zero-order chi connectivity index (χ0) is 17.5. The Kier molecular flexibility index (Phi) is 6.26. The van der Waals surface area contributed by atoms with Crippen LogP contribution in [0.5, 0.6) is 5.75 Å². The van der Waals surface area contributed by atoms with Crippen molar-refractivity contribution in [3.05, 3.63) is 59.2 Å². The summed E-state index contributed by atoms with van der Waals surface area (Å²) in [5.74, 6) is 0.909. The molecule has 0 aromatic heterocycles. The number of hydrogen-bond donors (Lipinski definition) is 2. The molecule has 24 heavy (non-hydrogen) atoms. The van der Waals surface area contributed by atoms with Crippen molar-refractivity contribution in [1.29, 1.82) is 0 Å². The Balaban J connectivity index is 2.17. The fourth-order valence-electron chi connectivity index (χ4n) is 2.19. The van der Waals surface area contributed by atoms with E-state index >= 15 is 0 Å². The van der Waals surface area contributed by atoms with E-state index in [9.17, 15) is 9.59 Å². The predicted molar refractivity (Wildman–Crippen MR) is 98.0 cm³/mol. The minimum absolute atomic E-state index is 0.212. The maximum Gasteiger partial charge on any atom is 0.255 e. The molecule has 0 saturated heterocycles. The maximum absolute atomic E-state index is 12.4. The van der Waals surface area contributed by atoms with Gasteiger partial charge in [0.15, 0.2) is 0 Å². The standard InChI is InChI=1S/C18H20N2O3S/c1-19-17(21)14-8-9-15(16(10-14)23-2)20-18(22)13-6-4-12(5-7-13)11-24-3/h4-10H,11H2,1-3H3,(H,19,21)(H,20,22). The fraction of sp³-hybridized carbons (Fsp3) is 0.222. The number of thioether (sulfide) groups is 1. The molecule has 2 aromatic carbocycles. The van der Waals surface area contributed by atoms with Gasteiger partial charge in [-0.2, -0.15) is 11.8 Å². The van der Waals surface area contributed by atoms with Crippen LogP contribution in [0.3, 0.4) is 0 Å². The largest absolute Gasteiger partial charge is 0.495 e. The second kappa shape index (κ2) is 8.40. The fourth-order valence-corrected chi connectivity index (χ4v) is 2.72. The van der Waals surface area contributed by atoms with Gasteiger partial charge in [0.1, 0.15) is 5.75 Å². The molecule has 5 nitrogen and oxygen atoms in total. The van der Waals surface area contributed by atoms with Gasteiger partial charge >= 0.3 is 0 Å². The van der Waals surface area contributed by atoms with Crippen LogP contribution in [0.4, 0.5) is 5.69 Å². The third-order valence-corrected chi connectivity index (χ3v) is 4.09. The van der Waals surface area contributed by atoms with E-state index in [0.29, 0.717) is 22.6 Å². The summed E-state index contributed by atoms with van der Waals surface area (Å²) < 4.78 is 5.27. The van der Waals surface area contributed by atoms with E-state index in [-0.39, 0.29) is 11.8 Å². The van der Waals surface area contributed by atoms with Crippen molar-refractivity contribution in [2.24, 2.45) is 0 Å². The Morgan fingerprint density at radius 3 is 2.29 bits per heavy atom. The summed E-state index contributed by atoms with van der Waals surface area (Å²) in [4.78, 5) is 24.0. The van der Waals surface area contributed by atoms with Gasteiger partial charge in [0.2, 0.25) is 0 Å². The molecule has 2 rings (SSSR count). The molecule has 0 saturated carbocycles. The van der Waals surface area contributed by atoms with E-state index < -0.39 is 0 Å². The third kappa shape index (κ3) is 4.29. The van der Waals surface area contributed by atoms with Gasteiger partial charge in [-0.1, -0.05) is 12.1 Å². The number of hydrogen-bond acceptors (Lipinski definition) is 4. The topological polar surface area (TPSA) is 67.4 Å². The zero-order valence-electron chi connectivity index (χ0n) is 13.9. The number of anilines is 1. The van der Waals surface area contributed by atoms with Gasteiger partial charge in [0.05, 0.1) is 12.8 Å². The molecule has 0 radical (unpaired) electrons. The average Bonchev–Trinajstić information content (AvgIpc) is 2.62. The van der Waals surface area contributed by atoms with Crippen LogP contribution in [-0.2, 0) is 5.75 Å². The van der Waals surface area contributed by atoms with Crippen molar-refractivity contribution in [3.8, 4) is 5.75 Å². The quantitative estimate of drug-likeness (QED) is 0.845. The lowest BCUT2D eigenvalue weighted by atomic mass is 10.1. The number of nitrogens with one attached hydrogen (secondary N) is 2. The van der Waals surface area contributed by atoms with E-state index in [4.69, 9.17) is 4.74 Å². The number of amides is 2. The van der Waals surface area contributed by atoms with Crippen molar-refractivity contribution in [2.75, 3.05) is 25.7 Å². The SMILES string of the molecule is CNC(=O)c1ccc(NC(=O)c2ccc(CSC)cc2)c(OC)c1. The van der Waals surface area contributed by atoms with E-state index in [0.717, 1.165) is 5.75 Å². The highest BCUT2D eigenvalue weighted by Crippen LogP contribution is 2.26. The Bertz CT molecular complexity index is 730. The van der Waals surface area contributed by atoms with Gasteiger partial charge in [0.25, 0.3) is 11.8 Å². The molecule has 2 N–H and O–H groups in total. The molecule has 0 atom stereocenters. The molecule has 0 fully saturated rings. The van der Waals surface area contributed by atoms with E-state index in [1.54, 1.807) is 49.1 Å². The summed E-state index contributed by atoms with van der Waals surface area (Å²) in [6.45, 7) is 0. The lowest BCUT2D eigenvalue weighted by Gasteiger charge is -2.12. The molecule has 0 aliphatic carbocycles. The highest BCUT2D eigenvalue weighted by atomic mass is 32.2. The first kappa shape index (κ1) is 17.9. The highest BCUT2D eigenvalue weighted by Gasteiger charge is 2.12. The maximum atomic E-state index is 12.4. The molecule has 6 heteroatoms. The van der Waals surface area contributed by atoms with Crippen LogP contribution in [0.25, 0.3) is 0 Å². The molecular formula is C18H20N2O3S. The molecule has 126 valence electrons. The van der Waals surface area contributed by atoms with Gasteiger partial charge in [-0.15, -0.1) is 0 Å². The Labute approximate surface area is 145 Å². The molecule has 0 aliphatic heterocycles. The number of carbonyl (C=O) groups is 2. The summed E-state index contributed by atoms with van der Waals surface area (Å²) in [5, 5.41) is 5.36. The van der Waals surface area contributed by atoms with Crippen LogP contribution in [0.2, 0.25) is 0 Å². The Morgan fingerprint density at radius 1 is 1.04 bits per heavy atom. The number of benzene rings is 2. The first-order valence-electron chi connectivity index (χ1n) is 7.38. The molecule has 2 amide bonds. The first-order chi connectivity index (χ1) is 11.6. The lowest BCUT2D eigenvalue weighted by molar-refractivity contribution is 0.0962. The highest BCUT2D eigenvalue weighted by molar-refractivity contribution is 7.97. The van der Waals surface area contributed by atoms with Crippen LogP contribution < -0.4 is 15.4 Å². The van der Waals surface area contributed by atoms with E-state index in [1.807, 2.05) is 18.4 Å². The molecule has 2 aromatic rings. The average molecular weight is 344 g/mol. The van der Waals surface area contributed by atoms with Crippen molar-refractivity contribution < 1.29 is 14.3 Å². The van der Waals surface area contributed by atoms with Gasteiger partial charge in [0, 0.05) is 23.9 Å². The predicted octanol–water partition coefficient (Wildman–Crippen LogP) is 3.17. The van der Waals surface area contributed by atoms with Crippen molar-refractivity contribution in [2.45, 2.75) is 5.75 Å². The summed E-state index contributed by atoms with van der Waals surface area (Å²) >= 11 is 1.73. The molecule has 0 bridgehead atoms. The first-order valence-corrected chi connectivity index (χ1v) is 8.77. The van der Waals surface area contributed by atoms with Crippen LogP contribution in [0.15, 0.2) is 42.5 Å². The van der Waals surface area contributed by atoms with Gasteiger partial charge in [-0.25, -0.2) is 0 Å². The van der Waals surface area contributed by atoms with Crippen LogP contribution >= 0.6 is 11.8 Å². The van der Waals surface area contributed by atoms with Gasteiger partial charge in [-0.05, 0) is 42.2 Å². The molecule has 0 spiro atoms. The number of carbonyl (C=O) groups excluding carboxylic acids is 2. The smallest absolute Gasteiger partial charge is 0.255 e. The van der Waals surface area contributed by atoms with Gasteiger partial charge in [-0.3, -0.25) is 9.59 Å². The molecular weight excluding hydrogens is 324 g/mol. The van der Waals surface area contributed by atoms with Crippen molar-refractivity contribution in [1.82, 2.24) is 5.32 Å². The molecule has 0 aliphatic rings. The van der Waals surface area contributed by atoms with Crippen LogP contribution in [0.1, 0.15) is 26.3 Å².